The number of ether oxygens (including phenoxy) is 1. The van der Waals surface area contributed by atoms with Gasteiger partial charge < -0.3 is 4.74 Å². The lowest BCUT2D eigenvalue weighted by molar-refractivity contribution is -0.130. The topological polar surface area (TPSA) is 9.23 Å². The van der Waals surface area contributed by atoms with E-state index in [2.05, 4.69) is 0 Å². The number of halogens is 3. The highest BCUT2D eigenvalue weighted by atomic mass is 28.3. The lowest BCUT2D eigenvalue weighted by Crippen LogP contribution is -2.36. The molecule has 0 saturated carbocycles. The molecule has 0 aromatic heterocycles. The molecule has 0 rings (SSSR count). The van der Waals surface area contributed by atoms with Gasteiger partial charge in [0.05, 0.1) is 5.60 Å². The van der Waals surface area contributed by atoms with Crippen molar-refractivity contribution >= 4 is 8.80 Å². The maximum absolute atomic E-state index is 12.0. The van der Waals surface area contributed by atoms with Gasteiger partial charge in [-0.2, -0.15) is 13.2 Å². The van der Waals surface area contributed by atoms with Crippen LogP contribution < -0.4 is 0 Å². The molecule has 5 heteroatoms. The third-order valence-corrected chi connectivity index (χ3v) is 7.07. The average molecular weight is 242 g/mol. The van der Waals surface area contributed by atoms with E-state index >= 15 is 0 Å². The SMILES string of the molecule is COC(C)(C)C(C)[SiH](C)CCC(F)(F)F. The van der Waals surface area contributed by atoms with Crippen LogP contribution in [0.25, 0.3) is 0 Å². The molecule has 2 unspecified atom stereocenters. The Labute approximate surface area is 91.6 Å². The second-order valence-electron chi connectivity index (χ2n) is 4.73. The molecule has 0 aromatic carbocycles. The minimum Gasteiger partial charge on any atom is -0.379 e. The van der Waals surface area contributed by atoms with E-state index in [-0.39, 0.29) is 11.1 Å². The number of hydrogen-bond donors (Lipinski definition) is 0. The summed E-state index contributed by atoms with van der Waals surface area (Å²) in [6, 6.07) is 0.303. The minimum absolute atomic E-state index is 0.241. The van der Waals surface area contributed by atoms with Gasteiger partial charge in [-0.25, -0.2) is 0 Å². The summed E-state index contributed by atoms with van der Waals surface area (Å²) in [5.41, 5.74) is -0.0677. The van der Waals surface area contributed by atoms with Crippen LogP contribution in [0.5, 0.6) is 0 Å². The summed E-state index contributed by atoms with van der Waals surface area (Å²) < 4.78 is 41.5. The molecule has 0 aliphatic carbocycles. The van der Waals surface area contributed by atoms with E-state index in [0.29, 0.717) is 6.04 Å². The van der Waals surface area contributed by atoms with Crippen LogP contribution in [0.15, 0.2) is 0 Å². The van der Waals surface area contributed by atoms with Crippen LogP contribution in [0.3, 0.4) is 0 Å². The lowest BCUT2D eigenvalue weighted by atomic mass is 10.1. The van der Waals surface area contributed by atoms with Gasteiger partial charge in [0, 0.05) is 22.3 Å². The molecule has 0 amide bonds. The van der Waals surface area contributed by atoms with Crippen molar-refractivity contribution in [3.8, 4) is 0 Å². The predicted molar refractivity (Wildman–Crippen MR) is 59.0 cm³/mol. The highest BCUT2D eigenvalue weighted by Crippen LogP contribution is 2.32. The van der Waals surface area contributed by atoms with Crippen LogP contribution in [-0.4, -0.2) is 27.7 Å². The van der Waals surface area contributed by atoms with E-state index in [1.807, 2.05) is 27.3 Å². The summed E-state index contributed by atoms with van der Waals surface area (Å²) in [6.07, 6.45) is -4.66. The Bertz CT molecular complexity index is 192. The van der Waals surface area contributed by atoms with Crippen LogP contribution in [-0.2, 0) is 4.74 Å². The van der Waals surface area contributed by atoms with Gasteiger partial charge in [-0.1, -0.05) is 19.5 Å². The number of rotatable bonds is 5. The summed E-state index contributed by atoms with van der Waals surface area (Å²) in [4.78, 5) is 0. The zero-order valence-electron chi connectivity index (χ0n) is 10.1. The molecule has 0 bridgehead atoms. The van der Waals surface area contributed by atoms with Crippen molar-refractivity contribution in [2.45, 2.75) is 57.1 Å². The van der Waals surface area contributed by atoms with Gasteiger partial charge >= 0.3 is 6.18 Å². The van der Waals surface area contributed by atoms with Crippen LogP contribution in [0.4, 0.5) is 13.2 Å². The van der Waals surface area contributed by atoms with Crippen molar-refractivity contribution in [2.24, 2.45) is 0 Å². The molecular formula is C10H21F3OSi. The Kier molecular flexibility index (Phi) is 5.33. The van der Waals surface area contributed by atoms with E-state index in [0.717, 1.165) is 0 Å². The molecule has 0 spiro atoms. The molecule has 0 radical (unpaired) electrons. The van der Waals surface area contributed by atoms with Crippen LogP contribution in [0.1, 0.15) is 27.2 Å². The van der Waals surface area contributed by atoms with E-state index in [4.69, 9.17) is 4.74 Å². The van der Waals surface area contributed by atoms with Crippen molar-refractivity contribution < 1.29 is 17.9 Å². The quantitative estimate of drug-likeness (QED) is 0.669. The molecule has 1 nitrogen and oxygen atoms in total. The van der Waals surface area contributed by atoms with Crippen molar-refractivity contribution in [1.29, 1.82) is 0 Å². The summed E-state index contributed by atoms with van der Waals surface area (Å²) in [5, 5.41) is 0. The van der Waals surface area contributed by atoms with Crippen molar-refractivity contribution in [3.63, 3.8) is 0 Å². The summed E-state index contributed by atoms with van der Waals surface area (Å²) in [7, 11) is 0.229. The van der Waals surface area contributed by atoms with Gasteiger partial charge in [0.15, 0.2) is 0 Å². The molecule has 15 heavy (non-hydrogen) atoms. The highest BCUT2D eigenvalue weighted by molar-refractivity contribution is 6.59. The minimum atomic E-state index is -4.02. The Morgan fingerprint density at radius 2 is 1.73 bits per heavy atom. The Morgan fingerprint density at radius 3 is 2.07 bits per heavy atom. The highest BCUT2D eigenvalue weighted by Gasteiger charge is 2.34. The van der Waals surface area contributed by atoms with Gasteiger partial charge in [0.2, 0.25) is 0 Å². The molecule has 0 fully saturated rings. The zero-order chi connectivity index (χ0) is 12.3. The van der Waals surface area contributed by atoms with Crippen LogP contribution in [0.2, 0.25) is 18.1 Å². The van der Waals surface area contributed by atoms with E-state index in [1.54, 1.807) is 7.11 Å². The average Bonchev–Trinajstić information content (AvgIpc) is 2.11. The van der Waals surface area contributed by atoms with Crippen molar-refractivity contribution in [3.05, 3.63) is 0 Å². The third kappa shape index (κ3) is 5.56. The Balaban J connectivity index is 4.16. The molecule has 0 saturated heterocycles. The van der Waals surface area contributed by atoms with E-state index in [1.165, 1.54) is 0 Å². The zero-order valence-corrected chi connectivity index (χ0v) is 11.3. The van der Waals surface area contributed by atoms with Gasteiger partial charge in [-0.15, -0.1) is 0 Å². The molecule has 0 aromatic rings. The lowest BCUT2D eigenvalue weighted by Gasteiger charge is -2.34. The fourth-order valence-electron chi connectivity index (χ4n) is 1.51. The van der Waals surface area contributed by atoms with Crippen molar-refractivity contribution in [2.75, 3.05) is 7.11 Å². The first kappa shape index (κ1) is 15.0. The normalized spacial score (nSPS) is 17.6. The summed E-state index contributed by atoms with van der Waals surface area (Å²) in [6.45, 7) is 7.86. The monoisotopic (exact) mass is 242 g/mol. The van der Waals surface area contributed by atoms with E-state index < -0.39 is 21.4 Å². The largest absolute Gasteiger partial charge is 0.388 e. The number of methoxy groups -OCH3 is 1. The predicted octanol–water partition coefficient (Wildman–Crippen LogP) is 3.61. The van der Waals surface area contributed by atoms with Crippen LogP contribution >= 0.6 is 0 Å². The third-order valence-electron chi connectivity index (χ3n) is 3.36. The molecule has 0 N–H and O–H groups in total. The first-order valence-electron chi connectivity index (χ1n) is 5.22. The molecule has 2 atom stereocenters. The molecule has 92 valence electrons. The smallest absolute Gasteiger partial charge is 0.379 e. The first-order valence-corrected chi connectivity index (χ1v) is 7.86. The molecular weight excluding hydrogens is 221 g/mol. The first-order chi connectivity index (χ1) is 6.60. The number of alkyl halides is 3. The van der Waals surface area contributed by atoms with Gasteiger partial charge in [0.1, 0.15) is 0 Å². The second kappa shape index (κ2) is 5.34. The van der Waals surface area contributed by atoms with Gasteiger partial charge in [-0.3, -0.25) is 0 Å². The van der Waals surface area contributed by atoms with Gasteiger partial charge in [0.25, 0.3) is 0 Å². The molecule has 0 heterocycles. The summed E-state index contributed by atoms with van der Waals surface area (Å²) in [5.74, 6) is 0. The standard InChI is InChI=1S/C10H21F3OSi/c1-8(9(2,3)14-4)15(5)7-6-10(11,12)13/h8,15H,6-7H2,1-5H3. The fourth-order valence-corrected chi connectivity index (χ4v) is 4.30. The fraction of sp³-hybridized carbons (Fsp3) is 1.00. The summed E-state index contributed by atoms with van der Waals surface area (Å²) >= 11 is 0. The maximum Gasteiger partial charge on any atom is 0.388 e. The molecule has 0 aliphatic heterocycles. The van der Waals surface area contributed by atoms with Crippen molar-refractivity contribution in [1.82, 2.24) is 0 Å². The molecule has 0 aliphatic rings. The maximum atomic E-state index is 12.0. The number of hydrogen-bond acceptors (Lipinski definition) is 1. The second-order valence-corrected chi connectivity index (χ2v) is 8.26. The van der Waals surface area contributed by atoms with Gasteiger partial charge in [-0.05, 0) is 19.4 Å². The Morgan fingerprint density at radius 1 is 1.27 bits per heavy atom. The Hall–Kier alpha value is -0.0331. The van der Waals surface area contributed by atoms with Crippen LogP contribution in [0, 0.1) is 0 Å². The van der Waals surface area contributed by atoms with E-state index in [9.17, 15) is 13.2 Å².